The first-order valence-corrected chi connectivity index (χ1v) is 11.5. The Hall–Kier alpha value is -2.60. The van der Waals surface area contributed by atoms with Crippen molar-refractivity contribution in [1.29, 1.82) is 0 Å². The minimum atomic E-state index is -0.717. The molecule has 1 fully saturated rings. The fraction of sp³-hybridized carbons (Fsp3) is 0.565. The van der Waals surface area contributed by atoms with Crippen molar-refractivity contribution in [3.63, 3.8) is 0 Å². The molecule has 0 aliphatic carbocycles. The van der Waals surface area contributed by atoms with Gasteiger partial charge in [0.1, 0.15) is 17.7 Å². The highest BCUT2D eigenvalue weighted by molar-refractivity contribution is 6.40. The molecule has 0 amide bonds. The number of likely N-dealkylation sites (N-methyl/N-ethyl adjacent to an activating group) is 1. The van der Waals surface area contributed by atoms with Crippen LogP contribution in [0.2, 0.25) is 0 Å². The van der Waals surface area contributed by atoms with Gasteiger partial charge in [-0.05, 0) is 38.5 Å². The summed E-state index contributed by atoms with van der Waals surface area (Å²) in [4.78, 5) is 8.76. The number of halogens is 2. The second-order valence-electron chi connectivity index (χ2n) is 8.44. The monoisotopic (exact) mass is 480 g/mol. The van der Waals surface area contributed by atoms with Gasteiger partial charge < -0.3 is 21.2 Å². The van der Waals surface area contributed by atoms with E-state index in [1.165, 1.54) is 5.01 Å². The van der Waals surface area contributed by atoms with Gasteiger partial charge >= 0.3 is 0 Å². The first-order chi connectivity index (χ1) is 16.1. The highest BCUT2D eigenvalue weighted by Crippen LogP contribution is 2.32. The van der Waals surface area contributed by atoms with Gasteiger partial charge in [0.15, 0.2) is 5.84 Å². The van der Waals surface area contributed by atoms with Gasteiger partial charge in [0.2, 0.25) is 5.84 Å². The number of benzene rings is 1. The lowest BCUT2D eigenvalue weighted by Gasteiger charge is -2.40. The van der Waals surface area contributed by atoms with E-state index in [1.807, 2.05) is 32.6 Å². The van der Waals surface area contributed by atoms with E-state index in [0.29, 0.717) is 37.9 Å². The molecule has 0 saturated carbocycles. The Bertz CT molecular complexity index is 905. The second-order valence-corrected chi connectivity index (χ2v) is 8.44. The summed E-state index contributed by atoms with van der Waals surface area (Å²) in [7, 11) is 1.64. The van der Waals surface area contributed by atoms with E-state index < -0.39 is 23.8 Å². The highest BCUT2D eigenvalue weighted by Gasteiger charge is 2.37. The molecule has 0 aromatic heterocycles. The summed E-state index contributed by atoms with van der Waals surface area (Å²) >= 11 is 0. The maximum absolute atomic E-state index is 14.2. The number of hydrogen-bond donors (Lipinski definition) is 3. The molecule has 6 N–H and O–H groups in total. The number of hydrazine groups is 1. The number of aliphatic imine (C=N–C) groups is 1. The zero-order chi connectivity index (χ0) is 25.6. The van der Waals surface area contributed by atoms with Crippen molar-refractivity contribution in [3.8, 4) is 0 Å². The fourth-order valence-electron chi connectivity index (χ4n) is 4.24. The smallest absolute Gasteiger partial charge is 0.204 e. The molecular weight excluding hydrogens is 442 g/mol. The largest absolute Gasteiger partial charge is 0.370 e. The molecular formula is C23H38F2N8O. The molecule has 1 aromatic carbocycles. The Morgan fingerprint density at radius 1 is 1.32 bits per heavy atom. The maximum Gasteiger partial charge on any atom is 0.204 e. The highest BCUT2D eigenvalue weighted by atomic mass is 19.1. The average molecular weight is 481 g/mol. The van der Waals surface area contributed by atoms with Crippen molar-refractivity contribution in [2.24, 2.45) is 27.5 Å². The van der Waals surface area contributed by atoms with Gasteiger partial charge in [-0.2, -0.15) is 5.10 Å². The first-order valence-electron chi connectivity index (χ1n) is 11.5. The summed E-state index contributed by atoms with van der Waals surface area (Å²) in [5.74, 6) is 11.3. The van der Waals surface area contributed by atoms with E-state index in [-0.39, 0.29) is 17.6 Å². The first kappa shape index (κ1) is 27.6. The minimum absolute atomic E-state index is 0.0445. The fourth-order valence-corrected chi connectivity index (χ4v) is 4.24. The van der Waals surface area contributed by atoms with Gasteiger partial charge in [-0.3, -0.25) is 9.91 Å². The third-order valence-electron chi connectivity index (χ3n) is 5.71. The Morgan fingerprint density at radius 2 is 2.00 bits per heavy atom. The third-order valence-corrected chi connectivity index (χ3v) is 5.71. The maximum atomic E-state index is 14.2. The van der Waals surface area contributed by atoms with E-state index in [9.17, 15) is 8.78 Å². The molecule has 0 bridgehead atoms. The Morgan fingerprint density at radius 3 is 2.56 bits per heavy atom. The van der Waals surface area contributed by atoms with Gasteiger partial charge in [-0.15, -0.1) is 0 Å². The van der Waals surface area contributed by atoms with Crippen LogP contribution in [0.5, 0.6) is 0 Å². The van der Waals surface area contributed by atoms with Gasteiger partial charge in [-0.1, -0.05) is 20.4 Å². The summed E-state index contributed by atoms with van der Waals surface area (Å²) in [5.41, 5.74) is 7.28. The van der Waals surface area contributed by atoms with Crippen LogP contribution in [0.3, 0.4) is 0 Å². The molecule has 2 heterocycles. The number of hydrazone groups is 1. The number of amidine groups is 2. The molecule has 2 aliphatic heterocycles. The second kappa shape index (κ2) is 12.2. The zero-order valence-corrected chi connectivity index (χ0v) is 20.7. The van der Waals surface area contributed by atoms with Crippen LogP contribution in [0, 0.1) is 11.6 Å². The molecule has 1 saturated heterocycles. The molecule has 190 valence electrons. The standard InChI is InChI=1S/C21H32F2N8O.C2H6/c1-12(2)31-13(3)9-30(11-27-20(31)21(28-25)29(4)26)15-8-18(24)19(32-10-15)16-7-14(22)5-6-17(16)23;1-2/h5-7,12,15,18-19H,3,8-11,24-26H2,1-2,4H3;1-2H3/b28-21-;/t15?,18?,19-;/m1./s1. The van der Waals surface area contributed by atoms with E-state index in [2.05, 4.69) is 16.6 Å². The van der Waals surface area contributed by atoms with E-state index in [0.717, 1.165) is 23.9 Å². The average Bonchev–Trinajstić information content (AvgIpc) is 2.96. The Balaban J connectivity index is 0.00000199. The molecule has 34 heavy (non-hydrogen) atoms. The molecule has 3 atom stereocenters. The van der Waals surface area contributed by atoms with E-state index >= 15 is 0 Å². The Kier molecular flexibility index (Phi) is 9.92. The quantitative estimate of drug-likeness (QED) is 0.261. The van der Waals surface area contributed by atoms with Crippen LogP contribution >= 0.6 is 0 Å². The topological polar surface area (TPSA) is 122 Å². The molecule has 3 rings (SSSR count). The van der Waals surface area contributed by atoms with Gasteiger partial charge in [0.25, 0.3) is 0 Å². The number of rotatable bonds is 4. The van der Waals surface area contributed by atoms with E-state index in [4.69, 9.17) is 27.1 Å². The van der Waals surface area contributed by atoms with Gasteiger partial charge in [0, 0.05) is 43.0 Å². The lowest BCUT2D eigenvalue weighted by atomic mass is 9.93. The number of nitrogens with two attached hydrogens (primary N) is 3. The normalized spacial score (nSPS) is 24.4. The predicted molar refractivity (Wildman–Crippen MR) is 131 cm³/mol. The number of nitrogens with zero attached hydrogens (tertiary/aromatic N) is 5. The van der Waals surface area contributed by atoms with Crippen molar-refractivity contribution >= 4 is 11.7 Å². The van der Waals surface area contributed by atoms with Crippen molar-refractivity contribution in [3.05, 3.63) is 47.7 Å². The van der Waals surface area contributed by atoms with E-state index in [1.54, 1.807) is 7.05 Å². The van der Waals surface area contributed by atoms with Crippen LogP contribution in [0.15, 0.2) is 40.6 Å². The lowest BCUT2D eigenvalue weighted by Crippen LogP contribution is -2.50. The van der Waals surface area contributed by atoms with Crippen LogP contribution in [0.1, 0.15) is 45.8 Å². The van der Waals surface area contributed by atoms with Crippen molar-refractivity contribution < 1.29 is 13.5 Å². The van der Waals surface area contributed by atoms with Crippen LogP contribution in [0.4, 0.5) is 8.78 Å². The molecule has 0 radical (unpaired) electrons. The summed E-state index contributed by atoms with van der Waals surface area (Å²) in [6, 6.07) is 2.76. The SMILES string of the molecule is C=C1CN(C2CO[C@H](c3cc(F)ccc3F)C(N)C2)CN=C(/C(=N/N)N(C)N)N1C(C)C.CC. The van der Waals surface area contributed by atoms with Crippen LogP contribution < -0.4 is 17.4 Å². The van der Waals surface area contributed by atoms with Crippen LogP contribution in [-0.4, -0.2) is 71.5 Å². The van der Waals surface area contributed by atoms with Crippen molar-refractivity contribution in [2.45, 2.75) is 58.3 Å². The number of ether oxygens (including phenoxy) is 1. The van der Waals surface area contributed by atoms with Gasteiger partial charge in [0.05, 0.1) is 13.3 Å². The molecule has 2 aliphatic rings. The van der Waals surface area contributed by atoms with Crippen molar-refractivity contribution in [2.75, 3.05) is 26.9 Å². The Labute approximate surface area is 200 Å². The number of hydrogen-bond acceptors (Lipinski definition) is 8. The summed E-state index contributed by atoms with van der Waals surface area (Å²) in [5, 5.41) is 5.12. The summed E-state index contributed by atoms with van der Waals surface area (Å²) in [6.45, 7) is 13.4. The molecule has 0 spiro atoms. The predicted octanol–water partition coefficient (Wildman–Crippen LogP) is 2.12. The van der Waals surface area contributed by atoms with Crippen LogP contribution in [-0.2, 0) is 4.74 Å². The minimum Gasteiger partial charge on any atom is -0.370 e. The summed E-state index contributed by atoms with van der Waals surface area (Å²) in [6.07, 6.45) is -0.195. The van der Waals surface area contributed by atoms with Crippen molar-refractivity contribution in [1.82, 2.24) is 14.8 Å². The summed E-state index contributed by atoms with van der Waals surface area (Å²) < 4.78 is 33.8. The molecule has 11 heteroatoms. The zero-order valence-electron chi connectivity index (χ0n) is 20.7. The molecule has 9 nitrogen and oxygen atoms in total. The van der Waals surface area contributed by atoms with Crippen LogP contribution in [0.25, 0.3) is 0 Å². The third kappa shape index (κ3) is 6.09. The molecule has 2 unspecified atom stereocenters. The lowest BCUT2D eigenvalue weighted by molar-refractivity contribution is -0.0495. The van der Waals surface area contributed by atoms with Gasteiger partial charge in [-0.25, -0.2) is 19.6 Å². The molecule has 1 aromatic rings.